The number of anilines is 1. The molecule has 0 saturated carbocycles. The molecule has 2 aromatic rings. The Morgan fingerprint density at radius 1 is 1.15 bits per heavy atom. The molecular weight excluding hydrogens is 364 g/mol. The second-order valence-corrected chi connectivity index (χ2v) is 7.51. The highest BCUT2D eigenvalue weighted by Crippen LogP contribution is 2.39. The molecule has 0 radical (unpaired) electrons. The van der Waals surface area contributed by atoms with Crippen LogP contribution in [0.15, 0.2) is 30.3 Å². The standard InChI is InChI=1S/C19H24N4O3S/c20-18(24)17-14(22-19(21)25)12-16(27-17)13-6-2-3-7-15(13)26-11-10-23-8-4-1-5-9-23/h2-3,6-7,12H,1,4-5,8-11H2,(H2,20,24)(H3,21,22,25). The molecular formula is C19H24N4O3S. The number of benzene rings is 1. The van der Waals surface area contributed by atoms with Crippen molar-refractivity contribution in [3.05, 3.63) is 35.2 Å². The number of hydrogen-bond donors (Lipinski definition) is 3. The summed E-state index contributed by atoms with van der Waals surface area (Å²) in [4.78, 5) is 26.3. The number of carbonyl (C=O) groups is 2. The maximum absolute atomic E-state index is 11.7. The molecule has 1 aliphatic heterocycles. The number of nitrogens with one attached hydrogen (secondary N) is 1. The van der Waals surface area contributed by atoms with Gasteiger partial charge in [-0.15, -0.1) is 11.3 Å². The zero-order valence-corrected chi connectivity index (χ0v) is 15.9. The lowest BCUT2D eigenvalue weighted by Crippen LogP contribution is -2.33. The first-order valence-corrected chi connectivity index (χ1v) is 9.81. The molecule has 144 valence electrons. The number of urea groups is 1. The van der Waals surface area contributed by atoms with Crippen molar-refractivity contribution in [1.82, 2.24) is 4.90 Å². The van der Waals surface area contributed by atoms with Crippen LogP contribution in [-0.2, 0) is 0 Å². The normalized spacial score (nSPS) is 14.7. The van der Waals surface area contributed by atoms with Crippen LogP contribution < -0.4 is 21.5 Å². The lowest BCUT2D eigenvalue weighted by atomic mass is 10.1. The van der Waals surface area contributed by atoms with E-state index in [0.717, 1.165) is 35.8 Å². The van der Waals surface area contributed by atoms with Crippen LogP contribution >= 0.6 is 11.3 Å². The zero-order chi connectivity index (χ0) is 19.2. The first-order valence-electron chi connectivity index (χ1n) is 8.99. The van der Waals surface area contributed by atoms with Gasteiger partial charge in [-0.25, -0.2) is 4.79 Å². The van der Waals surface area contributed by atoms with E-state index in [-0.39, 0.29) is 4.88 Å². The van der Waals surface area contributed by atoms with E-state index in [1.807, 2.05) is 24.3 Å². The SMILES string of the molecule is NC(=O)Nc1cc(-c2ccccc2OCCN2CCCCC2)sc1C(N)=O. The van der Waals surface area contributed by atoms with E-state index in [1.165, 1.54) is 30.6 Å². The van der Waals surface area contributed by atoms with E-state index in [4.69, 9.17) is 16.2 Å². The van der Waals surface area contributed by atoms with Gasteiger partial charge in [-0.3, -0.25) is 9.69 Å². The fourth-order valence-electron chi connectivity index (χ4n) is 3.20. The summed E-state index contributed by atoms with van der Waals surface area (Å²) in [7, 11) is 0. The lowest BCUT2D eigenvalue weighted by Gasteiger charge is -2.26. The minimum Gasteiger partial charge on any atom is -0.492 e. The predicted molar refractivity (Wildman–Crippen MR) is 107 cm³/mol. The maximum Gasteiger partial charge on any atom is 0.316 e. The topological polar surface area (TPSA) is 111 Å². The summed E-state index contributed by atoms with van der Waals surface area (Å²) in [5.74, 6) is 0.121. The summed E-state index contributed by atoms with van der Waals surface area (Å²) in [5.41, 5.74) is 11.8. The number of amides is 3. The van der Waals surface area contributed by atoms with Crippen LogP contribution in [0.25, 0.3) is 10.4 Å². The summed E-state index contributed by atoms with van der Waals surface area (Å²) in [6.45, 7) is 3.73. The number of nitrogens with zero attached hydrogens (tertiary/aromatic N) is 1. The van der Waals surface area contributed by atoms with Crippen molar-refractivity contribution >= 4 is 29.0 Å². The van der Waals surface area contributed by atoms with E-state index in [1.54, 1.807) is 6.07 Å². The Kier molecular flexibility index (Phi) is 6.31. The third kappa shape index (κ3) is 4.99. The zero-order valence-electron chi connectivity index (χ0n) is 15.1. The van der Waals surface area contributed by atoms with E-state index >= 15 is 0 Å². The molecule has 1 fully saturated rings. The molecule has 8 heteroatoms. The van der Waals surface area contributed by atoms with Crippen LogP contribution in [0.3, 0.4) is 0 Å². The van der Waals surface area contributed by atoms with Crippen molar-refractivity contribution in [3.63, 3.8) is 0 Å². The molecule has 1 saturated heterocycles. The molecule has 7 nitrogen and oxygen atoms in total. The number of ether oxygens (including phenoxy) is 1. The predicted octanol–water partition coefficient (Wildman–Crippen LogP) is 2.87. The molecule has 0 bridgehead atoms. The van der Waals surface area contributed by atoms with Crippen molar-refractivity contribution in [3.8, 4) is 16.2 Å². The summed E-state index contributed by atoms with van der Waals surface area (Å²) in [6.07, 6.45) is 3.80. The van der Waals surface area contributed by atoms with Gasteiger partial charge >= 0.3 is 6.03 Å². The molecule has 0 aliphatic carbocycles. The van der Waals surface area contributed by atoms with Crippen LogP contribution in [-0.4, -0.2) is 43.1 Å². The fourth-order valence-corrected chi connectivity index (χ4v) is 4.19. The molecule has 1 aliphatic rings. The Balaban J connectivity index is 1.76. The minimum atomic E-state index is -0.743. The van der Waals surface area contributed by atoms with E-state index in [2.05, 4.69) is 10.2 Å². The first-order chi connectivity index (χ1) is 13.0. The second kappa shape index (κ2) is 8.88. The summed E-state index contributed by atoms with van der Waals surface area (Å²) < 4.78 is 6.02. The van der Waals surface area contributed by atoms with Crippen LogP contribution in [0.2, 0.25) is 0 Å². The maximum atomic E-state index is 11.7. The van der Waals surface area contributed by atoms with Crippen LogP contribution in [0.1, 0.15) is 28.9 Å². The molecule has 0 atom stereocenters. The van der Waals surface area contributed by atoms with E-state index < -0.39 is 11.9 Å². The monoisotopic (exact) mass is 388 g/mol. The highest BCUT2D eigenvalue weighted by atomic mass is 32.1. The smallest absolute Gasteiger partial charge is 0.316 e. The third-order valence-electron chi connectivity index (χ3n) is 4.48. The van der Waals surface area contributed by atoms with Gasteiger partial charge in [-0.2, -0.15) is 0 Å². The van der Waals surface area contributed by atoms with Gasteiger partial charge in [-0.1, -0.05) is 18.6 Å². The molecule has 2 heterocycles. The average Bonchev–Trinajstić information content (AvgIpc) is 3.06. The number of para-hydroxylation sites is 1. The molecule has 5 N–H and O–H groups in total. The number of likely N-dealkylation sites (tertiary alicyclic amines) is 1. The molecule has 27 heavy (non-hydrogen) atoms. The summed E-state index contributed by atoms with van der Waals surface area (Å²) in [5, 5.41) is 2.45. The second-order valence-electron chi connectivity index (χ2n) is 6.45. The lowest BCUT2D eigenvalue weighted by molar-refractivity contribution is 0.100. The van der Waals surface area contributed by atoms with Gasteiger partial charge in [0.05, 0.1) is 5.69 Å². The number of thiophene rings is 1. The number of nitrogens with two attached hydrogens (primary N) is 2. The summed E-state index contributed by atoms with van der Waals surface area (Å²) in [6, 6.07) is 8.58. The van der Waals surface area contributed by atoms with Gasteiger partial charge in [0, 0.05) is 17.0 Å². The van der Waals surface area contributed by atoms with Crippen LogP contribution in [0, 0.1) is 0 Å². The van der Waals surface area contributed by atoms with Crippen molar-refractivity contribution in [2.24, 2.45) is 11.5 Å². The Morgan fingerprint density at radius 2 is 1.89 bits per heavy atom. The number of primary amides is 2. The van der Waals surface area contributed by atoms with Gasteiger partial charge in [0.2, 0.25) is 0 Å². The largest absolute Gasteiger partial charge is 0.492 e. The Bertz CT molecular complexity index is 815. The van der Waals surface area contributed by atoms with Gasteiger partial charge in [0.25, 0.3) is 5.91 Å². The van der Waals surface area contributed by atoms with Gasteiger partial charge in [-0.05, 0) is 44.1 Å². The number of piperidine rings is 1. The molecule has 3 amide bonds. The number of rotatable bonds is 7. The highest BCUT2D eigenvalue weighted by molar-refractivity contribution is 7.18. The van der Waals surface area contributed by atoms with Crippen molar-refractivity contribution in [2.45, 2.75) is 19.3 Å². The Morgan fingerprint density at radius 3 is 2.59 bits per heavy atom. The Hall–Kier alpha value is -2.58. The van der Waals surface area contributed by atoms with Gasteiger partial charge in [0.15, 0.2) is 0 Å². The first kappa shape index (κ1) is 19.2. The number of hydrogen-bond acceptors (Lipinski definition) is 5. The third-order valence-corrected chi connectivity index (χ3v) is 5.66. The Labute approximate surface area is 162 Å². The molecule has 1 aromatic heterocycles. The molecule has 3 rings (SSSR count). The highest BCUT2D eigenvalue weighted by Gasteiger charge is 2.18. The van der Waals surface area contributed by atoms with Gasteiger partial charge < -0.3 is 21.5 Å². The summed E-state index contributed by atoms with van der Waals surface area (Å²) >= 11 is 1.20. The minimum absolute atomic E-state index is 0.256. The van der Waals surface area contributed by atoms with Gasteiger partial charge in [0.1, 0.15) is 17.2 Å². The number of carbonyl (C=O) groups excluding carboxylic acids is 2. The van der Waals surface area contributed by atoms with Crippen molar-refractivity contribution in [1.29, 1.82) is 0 Å². The molecule has 1 aromatic carbocycles. The van der Waals surface area contributed by atoms with Crippen molar-refractivity contribution in [2.75, 3.05) is 31.6 Å². The molecule has 0 unspecified atom stereocenters. The van der Waals surface area contributed by atoms with Crippen LogP contribution in [0.4, 0.5) is 10.5 Å². The van der Waals surface area contributed by atoms with Crippen LogP contribution in [0.5, 0.6) is 5.75 Å². The quantitative estimate of drug-likeness (QED) is 0.677. The molecule has 0 spiro atoms. The fraction of sp³-hybridized carbons (Fsp3) is 0.368. The van der Waals surface area contributed by atoms with Crippen molar-refractivity contribution < 1.29 is 14.3 Å². The van der Waals surface area contributed by atoms with E-state index in [9.17, 15) is 9.59 Å². The van der Waals surface area contributed by atoms with E-state index in [0.29, 0.717) is 12.3 Å². The average molecular weight is 388 g/mol.